The fourth-order valence-electron chi connectivity index (χ4n) is 3.75. The Balaban J connectivity index is 1.47. The number of thioether (sulfide) groups is 1. The zero-order chi connectivity index (χ0) is 22.3. The molecule has 1 aromatic heterocycles. The normalized spacial score (nSPS) is 14.7. The molecule has 4 rings (SSSR count). The molecule has 7 heteroatoms. The van der Waals surface area contributed by atoms with Crippen LogP contribution in [0.5, 0.6) is 0 Å². The largest absolute Gasteiger partial charge is 0.379 e. The molecule has 0 aliphatic carbocycles. The summed E-state index contributed by atoms with van der Waals surface area (Å²) in [6, 6.07) is 14.8. The summed E-state index contributed by atoms with van der Waals surface area (Å²) in [5, 5.41) is 0.810. The van der Waals surface area contributed by atoms with Gasteiger partial charge in [0.1, 0.15) is 0 Å². The number of fused-ring (bicyclic) bond motifs is 1. The number of rotatable bonds is 9. The van der Waals surface area contributed by atoms with Crippen molar-refractivity contribution in [1.29, 1.82) is 0 Å². The van der Waals surface area contributed by atoms with E-state index >= 15 is 0 Å². The summed E-state index contributed by atoms with van der Waals surface area (Å²) in [5.74, 6) is 0.531. The average molecular weight is 470 g/mol. The van der Waals surface area contributed by atoms with Crippen LogP contribution in [0.15, 0.2) is 47.4 Å². The van der Waals surface area contributed by atoms with E-state index in [4.69, 9.17) is 9.72 Å². The number of thiazole rings is 1. The molecule has 0 radical (unpaired) electrons. The number of nitrogens with zero attached hydrogens (tertiary/aromatic N) is 3. The number of hydrogen-bond acceptors (Lipinski definition) is 6. The lowest BCUT2D eigenvalue weighted by Gasteiger charge is -2.27. The first-order chi connectivity index (χ1) is 15.6. The van der Waals surface area contributed by atoms with Gasteiger partial charge in [-0.1, -0.05) is 42.0 Å². The van der Waals surface area contributed by atoms with Crippen molar-refractivity contribution in [3.8, 4) is 0 Å². The van der Waals surface area contributed by atoms with Crippen LogP contribution < -0.4 is 4.90 Å². The third kappa shape index (κ3) is 6.10. The van der Waals surface area contributed by atoms with Gasteiger partial charge < -0.3 is 4.74 Å². The summed E-state index contributed by atoms with van der Waals surface area (Å²) in [6.45, 7) is 9.44. The van der Waals surface area contributed by atoms with Gasteiger partial charge in [-0.25, -0.2) is 4.98 Å². The lowest BCUT2D eigenvalue weighted by atomic mass is 10.2. The molecule has 0 unspecified atom stereocenters. The molecule has 0 N–H and O–H groups in total. The minimum absolute atomic E-state index is 0.118. The highest BCUT2D eigenvalue weighted by Gasteiger charge is 2.21. The molecule has 2 aromatic carbocycles. The molecular formula is C25H31N3O2S2. The van der Waals surface area contributed by atoms with E-state index < -0.39 is 0 Å². The second-order valence-corrected chi connectivity index (χ2v) is 10.2. The quantitative estimate of drug-likeness (QED) is 0.412. The molecule has 0 spiro atoms. The molecule has 1 aliphatic rings. The van der Waals surface area contributed by atoms with E-state index in [1.54, 1.807) is 23.1 Å². The van der Waals surface area contributed by atoms with E-state index in [-0.39, 0.29) is 5.91 Å². The van der Waals surface area contributed by atoms with Crippen LogP contribution in [0.1, 0.15) is 24.5 Å². The Kier molecular flexibility index (Phi) is 8.19. The Morgan fingerprint density at radius 3 is 2.72 bits per heavy atom. The van der Waals surface area contributed by atoms with Gasteiger partial charge in [-0.2, -0.15) is 0 Å². The van der Waals surface area contributed by atoms with Gasteiger partial charge in [0.25, 0.3) is 0 Å². The predicted molar refractivity (Wildman–Crippen MR) is 135 cm³/mol. The number of aryl methyl sites for hydroxylation is 2. The smallest absolute Gasteiger partial charge is 0.239 e. The Bertz CT molecular complexity index is 1030. The van der Waals surface area contributed by atoms with Gasteiger partial charge in [-0.3, -0.25) is 14.6 Å². The summed E-state index contributed by atoms with van der Waals surface area (Å²) >= 11 is 3.22. The highest BCUT2D eigenvalue weighted by atomic mass is 32.2. The van der Waals surface area contributed by atoms with Crippen LogP contribution in [0, 0.1) is 6.92 Å². The van der Waals surface area contributed by atoms with E-state index in [0.29, 0.717) is 12.3 Å². The van der Waals surface area contributed by atoms with E-state index in [9.17, 15) is 4.79 Å². The predicted octanol–water partition coefficient (Wildman–Crippen LogP) is 5.01. The van der Waals surface area contributed by atoms with Gasteiger partial charge in [-0.05, 0) is 49.6 Å². The van der Waals surface area contributed by atoms with Crippen molar-refractivity contribution < 1.29 is 9.53 Å². The van der Waals surface area contributed by atoms with Crippen LogP contribution in [-0.4, -0.2) is 60.9 Å². The molecule has 32 heavy (non-hydrogen) atoms. The van der Waals surface area contributed by atoms with Gasteiger partial charge in [0.05, 0.1) is 29.2 Å². The number of aromatic nitrogens is 1. The highest BCUT2D eigenvalue weighted by Crippen LogP contribution is 2.31. The van der Waals surface area contributed by atoms with Crippen molar-refractivity contribution in [3.63, 3.8) is 0 Å². The van der Waals surface area contributed by atoms with Crippen LogP contribution in [0.2, 0.25) is 0 Å². The Labute approximate surface area is 198 Å². The van der Waals surface area contributed by atoms with E-state index in [1.165, 1.54) is 11.1 Å². The number of amides is 1. The summed E-state index contributed by atoms with van der Waals surface area (Å²) < 4.78 is 6.60. The second kappa shape index (κ2) is 11.3. The first-order valence-corrected chi connectivity index (χ1v) is 13.1. The molecule has 5 nitrogen and oxygen atoms in total. The first kappa shape index (κ1) is 23.2. The molecule has 0 saturated carbocycles. The summed E-state index contributed by atoms with van der Waals surface area (Å²) in [4.78, 5) is 23.6. The molecule has 1 fully saturated rings. The van der Waals surface area contributed by atoms with Crippen LogP contribution in [0.4, 0.5) is 5.13 Å². The highest BCUT2D eigenvalue weighted by molar-refractivity contribution is 8.00. The number of carbonyl (C=O) groups is 1. The van der Waals surface area contributed by atoms with Gasteiger partial charge in [0.15, 0.2) is 5.13 Å². The topological polar surface area (TPSA) is 45.7 Å². The van der Waals surface area contributed by atoms with Crippen LogP contribution in [-0.2, 0) is 16.0 Å². The third-order valence-electron chi connectivity index (χ3n) is 5.72. The first-order valence-electron chi connectivity index (χ1n) is 11.3. The van der Waals surface area contributed by atoms with Crippen molar-refractivity contribution in [1.82, 2.24) is 9.88 Å². The summed E-state index contributed by atoms with van der Waals surface area (Å²) in [7, 11) is 0. The third-order valence-corrected chi connectivity index (χ3v) is 7.76. The van der Waals surface area contributed by atoms with Crippen LogP contribution in [0.3, 0.4) is 0 Å². The molecular weight excluding hydrogens is 438 g/mol. The minimum atomic E-state index is 0.118. The van der Waals surface area contributed by atoms with Gasteiger partial charge in [0.2, 0.25) is 5.91 Å². The standard InChI is InChI=1S/C25H31N3O2S2/c1-3-20-7-10-22-23(17-20)32-25(26-22)28(12-4-11-27-13-15-30-16-14-27)24(29)18-31-21-8-5-19(2)6-9-21/h5-10,17H,3-4,11-16,18H2,1-2H3. The van der Waals surface area contributed by atoms with Crippen molar-refractivity contribution in [3.05, 3.63) is 53.6 Å². The monoisotopic (exact) mass is 469 g/mol. The van der Waals surface area contributed by atoms with E-state index in [0.717, 1.165) is 65.9 Å². The molecule has 1 amide bonds. The van der Waals surface area contributed by atoms with Crippen LogP contribution in [0.25, 0.3) is 10.2 Å². The molecule has 0 bridgehead atoms. The number of morpholine rings is 1. The maximum atomic E-state index is 13.3. The van der Waals surface area contributed by atoms with Gasteiger partial charge >= 0.3 is 0 Å². The number of carbonyl (C=O) groups excluding carboxylic acids is 1. The number of anilines is 1. The van der Waals surface area contributed by atoms with Crippen molar-refractivity contribution in [2.45, 2.75) is 31.6 Å². The number of ether oxygens (including phenoxy) is 1. The van der Waals surface area contributed by atoms with Crippen molar-refractivity contribution in [2.24, 2.45) is 0 Å². The fraction of sp³-hybridized carbons (Fsp3) is 0.440. The van der Waals surface area contributed by atoms with Crippen molar-refractivity contribution in [2.75, 3.05) is 50.0 Å². The maximum Gasteiger partial charge on any atom is 0.239 e. The zero-order valence-electron chi connectivity index (χ0n) is 18.9. The molecule has 2 heterocycles. The fourth-order valence-corrected chi connectivity index (χ4v) is 5.60. The number of benzene rings is 2. The van der Waals surface area contributed by atoms with Gasteiger partial charge in [0, 0.05) is 31.1 Å². The second-order valence-electron chi connectivity index (χ2n) is 8.11. The summed E-state index contributed by atoms with van der Waals surface area (Å²) in [6.07, 6.45) is 1.93. The zero-order valence-corrected chi connectivity index (χ0v) is 20.5. The van der Waals surface area contributed by atoms with Gasteiger partial charge in [-0.15, -0.1) is 11.8 Å². The molecule has 0 atom stereocenters. The molecule has 3 aromatic rings. The Hall–Kier alpha value is -1.93. The van der Waals surface area contributed by atoms with Crippen LogP contribution >= 0.6 is 23.1 Å². The van der Waals surface area contributed by atoms with E-state index in [2.05, 4.69) is 61.2 Å². The average Bonchev–Trinajstić information content (AvgIpc) is 3.24. The van der Waals surface area contributed by atoms with E-state index in [1.807, 2.05) is 4.90 Å². The molecule has 1 saturated heterocycles. The molecule has 1 aliphatic heterocycles. The van der Waals surface area contributed by atoms with Crippen molar-refractivity contribution >= 4 is 44.4 Å². The number of hydrogen-bond donors (Lipinski definition) is 0. The summed E-state index contributed by atoms with van der Waals surface area (Å²) in [5.41, 5.74) is 3.50. The lowest BCUT2D eigenvalue weighted by molar-refractivity contribution is -0.116. The Morgan fingerprint density at radius 1 is 1.19 bits per heavy atom. The Morgan fingerprint density at radius 2 is 1.97 bits per heavy atom. The SMILES string of the molecule is CCc1ccc2nc(N(CCCN3CCOCC3)C(=O)CSc3ccc(C)cc3)sc2c1. The maximum absolute atomic E-state index is 13.3. The minimum Gasteiger partial charge on any atom is -0.379 e. The molecule has 170 valence electrons. The lowest BCUT2D eigenvalue weighted by Crippen LogP contribution is -2.39.